The van der Waals surface area contributed by atoms with Gasteiger partial charge in [0.05, 0.1) is 11.1 Å². The molecule has 0 fully saturated rings. The molecule has 1 amide bonds. The van der Waals surface area contributed by atoms with E-state index in [0.717, 1.165) is 6.42 Å². The number of carbonyl (C=O) groups is 1. The smallest absolute Gasteiger partial charge is 0.252 e. The number of hydrogen-bond acceptors (Lipinski definition) is 1. The second kappa shape index (κ2) is 7.01. The quantitative estimate of drug-likeness (QED) is 0.674. The molecule has 0 aromatic heterocycles. The summed E-state index contributed by atoms with van der Waals surface area (Å²) in [5.74, 6) is -0.594. The summed E-state index contributed by atoms with van der Waals surface area (Å²) >= 11 is 10.0. The maximum atomic E-state index is 13.0. The first-order valence-electron chi connectivity index (χ1n) is 5.37. The highest BCUT2D eigenvalue weighted by atomic mass is 79.9. The van der Waals surface area contributed by atoms with Gasteiger partial charge in [-0.05, 0) is 40.5 Å². The van der Waals surface area contributed by atoms with E-state index in [4.69, 9.17) is 0 Å². The van der Waals surface area contributed by atoms with E-state index >= 15 is 0 Å². The third kappa shape index (κ3) is 3.78. The fourth-order valence-electron chi connectivity index (χ4n) is 1.36. The number of halogens is 4. The van der Waals surface area contributed by atoms with Gasteiger partial charge in [-0.25, -0.2) is 4.39 Å². The van der Waals surface area contributed by atoms with E-state index in [0.29, 0.717) is 20.7 Å². The van der Waals surface area contributed by atoms with Gasteiger partial charge in [-0.1, -0.05) is 38.8 Å². The minimum Gasteiger partial charge on any atom is -0.345 e. The Morgan fingerprint density at radius 2 is 2.00 bits per heavy atom. The Hall–Kier alpha value is 0.0600. The van der Waals surface area contributed by atoms with Crippen LogP contribution >= 0.6 is 47.8 Å². The highest BCUT2D eigenvalue weighted by molar-refractivity contribution is 9.10. The van der Waals surface area contributed by atoms with Gasteiger partial charge in [0.1, 0.15) is 5.82 Å². The van der Waals surface area contributed by atoms with Crippen LogP contribution in [0.2, 0.25) is 0 Å². The zero-order chi connectivity index (χ0) is 13.8. The summed E-state index contributed by atoms with van der Waals surface area (Å²) in [7, 11) is 0. The minimum atomic E-state index is -0.374. The summed E-state index contributed by atoms with van der Waals surface area (Å²) in [5.41, 5.74) is 0.0846. The zero-order valence-electron chi connectivity index (χ0n) is 9.77. The van der Waals surface area contributed by atoms with Gasteiger partial charge in [-0.3, -0.25) is 4.79 Å². The number of rotatable bonds is 5. The Kier molecular flexibility index (Phi) is 6.27. The molecule has 0 saturated heterocycles. The number of benzene rings is 1. The van der Waals surface area contributed by atoms with E-state index in [1.807, 2.05) is 6.92 Å². The molecule has 0 spiro atoms. The maximum absolute atomic E-state index is 13.0. The SMILES string of the molecule is CCC(CBr)(CBr)NC(=O)c1ccc(F)cc1Br. The largest absolute Gasteiger partial charge is 0.345 e. The number of hydrogen-bond donors (Lipinski definition) is 1. The molecule has 1 aromatic rings. The second-order valence-electron chi connectivity index (χ2n) is 3.98. The highest BCUT2D eigenvalue weighted by Gasteiger charge is 2.28. The number of alkyl halides is 2. The average Bonchev–Trinajstić information content (AvgIpc) is 2.36. The third-order valence-electron chi connectivity index (χ3n) is 2.74. The predicted octanol–water partition coefficient (Wildman–Crippen LogP) is 4.26. The van der Waals surface area contributed by atoms with Crippen molar-refractivity contribution in [2.75, 3.05) is 10.7 Å². The van der Waals surface area contributed by atoms with Crippen molar-refractivity contribution in [1.82, 2.24) is 5.32 Å². The van der Waals surface area contributed by atoms with Gasteiger partial charge >= 0.3 is 0 Å². The molecule has 0 atom stereocenters. The molecule has 6 heteroatoms. The van der Waals surface area contributed by atoms with E-state index in [2.05, 4.69) is 53.1 Å². The van der Waals surface area contributed by atoms with Gasteiger partial charge in [0, 0.05) is 15.1 Å². The van der Waals surface area contributed by atoms with Gasteiger partial charge in [0.25, 0.3) is 5.91 Å². The van der Waals surface area contributed by atoms with Crippen LogP contribution in [-0.4, -0.2) is 22.1 Å². The van der Waals surface area contributed by atoms with Crippen LogP contribution in [0.25, 0.3) is 0 Å². The second-order valence-corrected chi connectivity index (χ2v) is 5.96. The van der Waals surface area contributed by atoms with Crippen molar-refractivity contribution in [3.05, 3.63) is 34.1 Å². The number of nitrogens with one attached hydrogen (secondary N) is 1. The average molecular weight is 446 g/mol. The molecule has 0 aliphatic carbocycles. The van der Waals surface area contributed by atoms with Crippen LogP contribution in [0.4, 0.5) is 4.39 Å². The Morgan fingerprint density at radius 1 is 1.39 bits per heavy atom. The summed E-state index contributed by atoms with van der Waals surface area (Å²) in [6, 6.07) is 4.03. The molecule has 0 aliphatic heterocycles. The van der Waals surface area contributed by atoms with Crippen LogP contribution in [-0.2, 0) is 0 Å². The minimum absolute atomic E-state index is 0.220. The van der Waals surface area contributed by atoms with Gasteiger partial charge in [-0.2, -0.15) is 0 Å². The van der Waals surface area contributed by atoms with Crippen LogP contribution in [0.3, 0.4) is 0 Å². The van der Waals surface area contributed by atoms with Crippen LogP contribution < -0.4 is 5.32 Å². The maximum Gasteiger partial charge on any atom is 0.252 e. The highest BCUT2D eigenvalue weighted by Crippen LogP contribution is 2.21. The topological polar surface area (TPSA) is 29.1 Å². The molecule has 1 rings (SSSR count). The van der Waals surface area contributed by atoms with Crippen LogP contribution in [0.5, 0.6) is 0 Å². The normalized spacial score (nSPS) is 11.4. The van der Waals surface area contributed by atoms with Crippen molar-refractivity contribution < 1.29 is 9.18 Å². The van der Waals surface area contributed by atoms with E-state index < -0.39 is 0 Å². The molecule has 0 bridgehead atoms. The van der Waals surface area contributed by atoms with E-state index in [1.54, 1.807) is 0 Å². The fraction of sp³-hybridized carbons (Fsp3) is 0.417. The molecule has 0 saturated carbocycles. The first kappa shape index (κ1) is 16.1. The van der Waals surface area contributed by atoms with Crippen LogP contribution in [0.1, 0.15) is 23.7 Å². The first-order valence-corrected chi connectivity index (χ1v) is 8.41. The van der Waals surface area contributed by atoms with Crippen molar-refractivity contribution in [1.29, 1.82) is 0 Å². The van der Waals surface area contributed by atoms with E-state index in [-0.39, 0.29) is 17.3 Å². The molecular weight excluding hydrogens is 433 g/mol. The van der Waals surface area contributed by atoms with Crippen molar-refractivity contribution >= 4 is 53.7 Å². The molecule has 100 valence electrons. The van der Waals surface area contributed by atoms with Gasteiger partial charge < -0.3 is 5.32 Å². The monoisotopic (exact) mass is 443 g/mol. The fourth-order valence-corrected chi connectivity index (χ4v) is 3.89. The summed E-state index contributed by atoms with van der Waals surface area (Å²) in [6.07, 6.45) is 0.786. The van der Waals surface area contributed by atoms with Crippen molar-refractivity contribution in [3.63, 3.8) is 0 Å². The molecule has 1 aromatic carbocycles. The van der Waals surface area contributed by atoms with Gasteiger partial charge in [0.15, 0.2) is 0 Å². The van der Waals surface area contributed by atoms with Crippen LogP contribution in [0.15, 0.2) is 22.7 Å². The molecule has 18 heavy (non-hydrogen) atoms. The van der Waals surface area contributed by atoms with Crippen molar-refractivity contribution in [3.8, 4) is 0 Å². The zero-order valence-corrected chi connectivity index (χ0v) is 14.5. The summed E-state index contributed by atoms with van der Waals surface area (Å²) in [6.45, 7) is 2.00. The number of amides is 1. The Balaban J connectivity index is 2.94. The molecular formula is C12H13Br3FNO. The molecule has 1 N–H and O–H groups in total. The first-order chi connectivity index (χ1) is 8.48. The molecule has 0 aliphatic rings. The van der Waals surface area contributed by atoms with Crippen LogP contribution in [0, 0.1) is 5.82 Å². The molecule has 0 unspecified atom stereocenters. The van der Waals surface area contributed by atoms with Gasteiger partial charge in [-0.15, -0.1) is 0 Å². The lowest BCUT2D eigenvalue weighted by Crippen LogP contribution is -2.51. The molecule has 0 radical (unpaired) electrons. The summed E-state index contributed by atoms with van der Waals surface area (Å²) < 4.78 is 13.4. The van der Waals surface area contributed by atoms with E-state index in [1.165, 1.54) is 18.2 Å². The summed E-state index contributed by atoms with van der Waals surface area (Å²) in [4.78, 5) is 12.2. The Bertz CT molecular complexity index is 427. The Labute approximate surface area is 131 Å². The lowest BCUT2D eigenvalue weighted by Gasteiger charge is -2.30. The lowest BCUT2D eigenvalue weighted by atomic mass is 10.0. The van der Waals surface area contributed by atoms with Crippen molar-refractivity contribution in [2.24, 2.45) is 0 Å². The standard InChI is InChI=1S/C12H13Br3FNO/c1-2-12(6-13,7-14)17-11(18)9-4-3-8(16)5-10(9)15/h3-5H,2,6-7H2,1H3,(H,17,18). The van der Waals surface area contributed by atoms with Crippen molar-refractivity contribution in [2.45, 2.75) is 18.9 Å². The lowest BCUT2D eigenvalue weighted by molar-refractivity contribution is 0.0914. The third-order valence-corrected chi connectivity index (χ3v) is 5.55. The van der Waals surface area contributed by atoms with E-state index in [9.17, 15) is 9.18 Å². The van der Waals surface area contributed by atoms with Gasteiger partial charge in [0.2, 0.25) is 0 Å². The molecule has 0 heterocycles. The predicted molar refractivity (Wildman–Crippen MR) is 82.2 cm³/mol. The number of carbonyl (C=O) groups excluding carboxylic acids is 1. The summed E-state index contributed by atoms with van der Waals surface area (Å²) in [5, 5.41) is 4.26. The Morgan fingerprint density at radius 3 is 2.44 bits per heavy atom. The molecule has 2 nitrogen and oxygen atoms in total.